The molecule has 6 nitrogen and oxygen atoms in total. The van der Waals surface area contributed by atoms with Gasteiger partial charge in [-0.3, -0.25) is 4.79 Å². The van der Waals surface area contributed by atoms with Crippen molar-refractivity contribution in [2.45, 2.75) is 32.0 Å². The van der Waals surface area contributed by atoms with Gasteiger partial charge in [-0.1, -0.05) is 72.8 Å². The number of nitrogens with two attached hydrogens (primary N) is 1. The number of benzene rings is 3. The molecule has 5 rings (SSSR count). The molecule has 0 aliphatic heterocycles. The van der Waals surface area contributed by atoms with Crippen LogP contribution >= 0.6 is 0 Å². The van der Waals surface area contributed by atoms with Gasteiger partial charge in [0.05, 0.1) is 11.9 Å². The molecule has 34 heavy (non-hydrogen) atoms. The van der Waals surface area contributed by atoms with Gasteiger partial charge >= 0.3 is 0 Å². The predicted molar refractivity (Wildman–Crippen MR) is 134 cm³/mol. The van der Waals surface area contributed by atoms with Crippen molar-refractivity contribution in [1.29, 1.82) is 0 Å². The summed E-state index contributed by atoms with van der Waals surface area (Å²) in [5.74, 6) is -0.222. The lowest BCUT2D eigenvalue weighted by Crippen LogP contribution is -2.25. The molecule has 1 atom stereocenters. The molecule has 4 aromatic rings. The fourth-order valence-corrected chi connectivity index (χ4v) is 4.42. The van der Waals surface area contributed by atoms with Crippen LogP contribution in [0, 0.1) is 0 Å². The normalized spacial score (nSPS) is 14.5. The minimum atomic E-state index is -0.339. The van der Waals surface area contributed by atoms with Crippen molar-refractivity contribution in [2.75, 3.05) is 5.73 Å². The van der Waals surface area contributed by atoms with Gasteiger partial charge in [0.15, 0.2) is 11.5 Å². The van der Waals surface area contributed by atoms with Crippen LogP contribution in [0.5, 0.6) is 0 Å². The summed E-state index contributed by atoms with van der Waals surface area (Å²) in [6.07, 6.45) is 3.84. The van der Waals surface area contributed by atoms with E-state index in [0.29, 0.717) is 18.3 Å². The molecule has 1 aliphatic rings. The van der Waals surface area contributed by atoms with E-state index in [-0.39, 0.29) is 17.4 Å². The molecule has 6 heteroatoms. The maximum absolute atomic E-state index is 12.7. The highest BCUT2D eigenvalue weighted by molar-refractivity contribution is 5.96. The molecule has 0 fully saturated rings. The van der Waals surface area contributed by atoms with Crippen molar-refractivity contribution < 1.29 is 4.79 Å². The first kappa shape index (κ1) is 21.8. The number of nitrogen functional groups attached to an aromatic ring is 1. The van der Waals surface area contributed by atoms with Gasteiger partial charge in [0.1, 0.15) is 0 Å². The lowest BCUT2D eigenvalue weighted by atomic mass is 10.1. The zero-order valence-corrected chi connectivity index (χ0v) is 18.9. The van der Waals surface area contributed by atoms with Crippen LogP contribution in [0.15, 0.2) is 85.1 Å². The van der Waals surface area contributed by atoms with Gasteiger partial charge in [-0.25, -0.2) is 9.97 Å². The van der Waals surface area contributed by atoms with Crippen molar-refractivity contribution in [1.82, 2.24) is 20.6 Å². The Morgan fingerprint density at radius 1 is 0.941 bits per heavy atom. The standard InChI is InChI=1S/C28H27N5O/c29-27-26(28(34)32-16-19-7-2-1-3-8-19)33-25(18-31-27)22-11-6-9-20(15-22)17-30-24-14-13-21-10-4-5-12-23(21)24/h1-12,15,18,24,30H,13-14,16-17H2,(H2,29,31)(H,32,34)/t24-/m0/s1. The lowest BCUT2D eigenvalue weighted by molar-refractivity contribution is 0.0946. The zero-order valence-electron chi connectivity index (χ0n) is 18.9. The number of fused-ring (bicyclic) bond motifs is 1. The van der Waals surface area contributed by atoms with Crippen molar-refractivity contribution in [3.8, 4) is 11.3 Å². The van der Waals surface area contributed by atoms with E-state index < -0.39 is 0 Å². The fraction of sp³-hybridized carbons (Fsp3) is 0.179. The summed E-state index contributed by atoms with van der Waals surface area (Å²) in [4.78, 5) is 21.5. The van der Waals surface area contributed by atoms with Crippen molar-refractivity contribution in [3.05, 3.63) is 113 Å². The number of nitrogens with one attached hydrogen (secondary N) is 2. The van der Waals surface area contributed by atoms with Crippen molar-refractivity contribution >= 4 is 11.7 Å². The summed E-state index contributed by atoms with van der Waals surface area (Å²) in [5.41, 5.74) is 12.6. The van der Waals surface area contributed by atoms with E-state index in [0.717, 1.165) is 36.1 Å². The Morgan fingerprint density at radius 2 is 1.74 bits per heavy atom. The van der Waals surface area contributed by atoms with Crippen LogP contribution in [0.2, 0.25) is 0 Å². The predicted octanol–water partition coefficient (Wildman–Crippen LogP) is 4.43. The Hall–Kier alpha value is -4.03. The van der Waals surface area contributed by atoms with Gasteiger partial charge in [0.2, 0.25) is 0 Å². The largest absolute Gasteiger partial charge is 0.382 e. The van der Waals surface area contributed by atoms with Crippen molar-refractivity contribution in [2.24, 2.45) is 0 Å². The quantitative estimate of drug-likeness (QED) is 0.388. The summed E-state index contributed by atoms with van der Waals surface area (Å²) < 4.78 is 0. The first-order valence-electron chi connectivity index (χ1n) is 11.5. The topological polar surface area (TPSA) is 92.9 Å². The molecule has 1 amide bonds. The second-order valence-electron chi connectivity index (χ2n) is 8.53. The monoisotopic (exact) mass is 449 g/mol. The van der Waals surface area contributed by atoms with Gasteiger partial charge in [0.25, 0.3) is 5.91 Å². The molecular weight excluding hydrogens is 422 g/mol. The van der Waals surface area contributed by atoms with Crippen LogP contribution in [-0.2, 0) is 19.5 Å². The van der Waals surface area contributed by atoms with Gasteiger partial charge in [-0.05, 0) is 41.2 Å². The molecule has 0 saturated carbocycles. The first-order valence-corrected chi connectivity index (χ1v) is 11.5. The Morgan fingerprint density at radius 3 is 2.62 bits per heavy atom. The second-order valence-corrected chi connectivity index (χ2v) is 8.53. The van der Waals surface area contributed by atoms with Crippen LogP contribution < -0.4 is 16.4 Å². The number of hydrogen-bond acceptors (Lipinski definition) is 5. The molecule has 1 aliphatic carbocycles. The van der Waals surface area contributed by atoms with Gasteiger partial charge in [0, 0.05) is 24.7 Å². The summed E-state index contributed by atoms with van der Waals surface area (Å²) in [5, 5.41) is 6.56. The third-order valence-electron chi connectivity index (χ3n) is 6.22. The van der Waals surface area contributed by atoms with Crippen LogP contribution in [0.25, 0.3) is 11.3 Å². The molecule has 0 unspecified atom stereocenters. The van der Waals surface area contributed by atoms with Gasteiger partial charge in [-0.15, -0.1) is 0 Å². The molecular formula is C28H27N5O. The highest BCUT2D eigenvalue weighted by Gasteiger charge is 2.21. The fourth-order valence-electron chi connectivity index (χ4n) is 4.42. The summed E-state index contributed by atoms with van der Waals surface area (Å²) in [6.45, 7) is 1.15. The highest BCUT2D eigenvalue weighted by atomic mass is 16.1. The average Bonchev–Trinajstić information content (AvgIpc) is 3.30. The molecule has 0 radical (unpaired) electrons. The number of anilines is 1. The average molecular weight is 450 g/mol. The lowest BCUT2D eigenvalue weighted by Gasteiger charge is -2.15. The van der Waals surface area contributed by atoms with E-state index in [4.69, 9.17) is 5.73 Å². The molecule has 0 bridgehead atoms. The molecule has 1 heterocycles. The number of aryl methyl sites for hydroxylation is 1. The molecule has 1 aromatic heterocycles. The van der Waals surface area contributed by atoms with E-state index in [2.05, 4.69) is 57.0 Å². The number of rotatable bonds is 7. The third kappa shape index (κ3) is 4.82. The Balaban J connectivity index is 1.28. The third-order valence-corrected chi connectivity index (χ3v) is 6.22. The van der Waals surface area contributed by atoms with E-state index in [1.165, 1.54) is 11.1 Å². The van der Waals surface area contributed by atoms with E-state index in [9.17, 15) is 4.79 Å². The van der Waals surface area contributed by atoms with E-state index >= 15 is 0 Å². The number of aromatic nitrogens is 2. The number of amides is 1. The molecule has 4 N–H and O–H groups in total. The molecule has 3 aromatic carbocycles. The first-order chi connectivity index (χ1) is 16.7. The van der Waals surface area contributed by atoms with Crippen LogP contribution in [0.3, 0.4) is 0 Å². The summed E-state index contributed by atoms with van der Waals surface area (Å²) in [6, 6.07) is 26.9. The Labute approximate surface area is 199 Å². The number of carbonyl (C=O) groups is 1. The minimum absolute atomic E-state index is 0.118. The van der Waals surface area contributed by atoms with Crippen molar-refractivity contribution in [3.63, 3.8) is 0 Å². The van der Waals surface area contributed by atoms with Crippen LogP contribution in [-0.4, -0.2) is 15.9 Å². The summed E-state index contributed by atoms with van der Waals surface area (Å²) >= 11 is 0. The SMILES string of the molecule is Nc1ncc(-c2cccc(CN[C@H]3CCc4ccccc43)c2)nc1C(=O)NCc1ccccc1. The number of hydrogen-bond donors (Lipinski definition) is 3. The minimum Gasteiger partial charge on any atom is -0.382 e. The molecule has 0 saturated heterocycles. The summed E-state index contributed by atoms with van der Waals surface area (Å²) in [7, 11) is 0. The van der Waals surface area contributed by atoms with Crippen LogP contribution in [0.4, 0.5) is 5.82 Å². The molecule has 170 valence electrons. The number of nitrogens with zero attached hydrogens (tertiary/aromatic N) is 2. The smallest absolute Gasteiger partial charge is 0.274 e. The van der Waals surface area contributed by atoms with E-state index in [1.807, 2.05) is 42.5 Å². The zero-order chi connectivity index (χ0) is 23.3. The molecule has 0 spiro atoms. The van der Waals surface area contributed by atoms with Gasteiger partial charge < -0.3 is 16.4 Å². The number of carbonyl (C=O) groups excluding carboxylic acids is 1. The second kappa shape index (κ2) is 9.85. The highest BCUT2D eigenvalue weighted by Crippen LogP contribution is 2.31. The van der Waals surface area contributed by atoms with Crippen LogP contribution in [0.1, 0.15) is 45.2 Å². The van der Waals surface area contributed by atoms with Gasteiger partial charge in [-0.2, -0.15) is 0 Å². The Kier molecular flexibility index (Phi) is 6.31. The maximum Gasteiger partial charge on any atom is 0.274 e. The van der Waals surface area contributed by atoms with E-state index in [1.54, 1.807) is 6.20 Å². The maximum atomic E-state index is 12.7. The Bertz CT molecular complexity index is 1310.